The summed E-state index contributed by atoms with van der Waals surface area (Å²) < 4.78 is 1.78. The van der Waals surface area contributed by atoms with Crippen molar-refractivity contribution in [3.8, 4) is 16.8 Å². The topological polar surface area (TPSA) is 101 Å². The molecule has 35 heavy (non-hydrogen) atoms. The van der Waals surface area contributed by atoms with E-state index in [0.29, 0.717) is 17.5 Å². The molecule has 2 N–H and O–H groups in total. The fourth-order valence-corrected chi connectivity index (χ4v) is 4.63. The van der Waals surface area contributed by atoms with Crippen LogP contribution in [0.2, 0.25) is 0 Å². The van der Waals surface area contributed by atoms with Crippen molar-refractivity contribution in [3.63, 3.8) is 0 Å². The molecular formula is C28H23N3O4. The van der Waals surface area contributed by atoms with Crippen LogP contribution in [-0.2, 0) is 4.79 Å². The van der Waals surface area contributed by atoms with Crippen molar-refractivity contribution in [1.29, 1.82) is 0 Å². The molecule has 0 unspecified atom stereocenters. The maximum atomic E-state index is 13.1. The van der Waals surface area contributed by atoms with Gasteiger partial charge in [-0.2, -0.15) is 0 Å². The number of amides is 1. The number of nitrogens with zero attached hydrogens (tertiary/aromatic N) is 2. The number of hydrogen-bond donors (Lipinski definition) is 2. The van der Waals surface area contributed by atoms with Gasteiger partial charge in [-0.05, 0) is 66.1 Å². The standard InChI is InChI=1S/C28H23N3O4/c32-25-21-8-3-11-29-26(21)31(15-24(25)27(33)30-19-9-10-19)20-7-2-5-17(13-20)16-4-1-6-18(12-16)22-14-23(22)28(34)35/h1-8,11-13,15,19,22-23H,9-10,14H2,(H,30,33)(H,34,35)/t22-,23-/m1/s1. The second kappa shape index (κ2) is 8.20. The third-order valence-corrected chi connectivity index (χ3v) is 6.80. The van der Waals surface area contributed by atoms with E-state index in [-0.39, 0.29) is 34.8 Å². The highest BCUT2D eigenvalue weighted by atomic mass is 16.4. The SMILES string of the molecule is O=C(NC1CC1)c1cn(-c2cccc(-c3cccc([C@H]4C[C@H]4C(=O)O)c3)c2)c2ncccc2c1=O. The molecule has 0 bridgehead atoms. The van der Waals surface area contributed by atoms with E-state index in [9.17, 15) is 19.5 Å². The Hall–Kier alpha value is -4.26. The summed E-state index contributed by atoms with van der Waals surface area (Å²) in [6.07, 6.45) is 5.74. The Kier molecular flexibility index (Phi) is 4.99. The van der Waals surface area contributed by atoms with E-state index in [0.717, 1.165) is 35.2 Å². The number of aliphatic carboxylic acids is 1. The first kappa shape index (κ1) is 21.3. The van der Waals surface area contributed by atoms with Gasteiger partial charge in [0.1, 0.15) is 11.2 Å². The molecule has 0 saturated heterocycles. The Bertz CT molecular complexity index is 1550. The number of rotatable bonds is 6. The third-order valence-electron chi connectivity index (χ3n) is 6.80. The minimum absolute atomic E-state index is 0.0512. The summed E-state index contributed by atoms with van der Waals surface area (Å²) in [4.78, 5) is 41.6. The molecule has 2 atom stereocenters. The molecule has 2 saturated carbocycles. The predicted octanol–water partition coefficient (Wildman–Crippen LogP) is 4.13. The molecule has 7 nitrogen and oxygen atoms in total. The first-order valence-electron chi connectivity index (χ1n) is 11.7. The molecule has 6 rings (SSSR count). The Morgan fingerprint density at radius 2 is 1.77 bits per heavy atom. The highest BCUT2D eigenvalue weighted by molar-refractivity contribution is 5.97. The molecule has 4 aromatic rings. The Labute approximate surface area is 201 Å². The number of carbonyl (C=O) groups excluding carboxylic acids is 1. The zero-order chi connectivity index (χ0) is 24.1. The molecule has 2 aromatic carbocycles. The number of carbonyl (C=O) groups is 2. The molecule has 174 valence electrons. The molecule has 7 heteroatoms. The van der Waals surface area contributed by atoms with Crippen LogP contribution in [0.1, 0.15) is 41.1 Å². The van der Waals surface area contributed by atoms with E-state index in [1.54, 1.807) is 29.1 Å². The number of aromatic nitrogens is 2. The predicted molar refractivity (Wildman–Crippen MR) is 132 cm³/mol. The van der Waals surface area contributed by atoms with Crippen molar-refractivity contribution >= 4 is 22.9 Å². The van der Waals surface area contributed by atoms with Gasteiger partial charge in [0.2, 0.25) is 5.43 Å². The molecule has 2 heterocycles. The van der Waals surface area contributed by atoms with Crippen molar-refractivity contribution in [1.82, 2.24) is 14.9 Å². The van der Waals surface area contributed by atoms with Gasteiger partial charge in [0.25, 0.3) is 5.91 Å². The molecule has 0 spiro atoms. The zero-order valence-corrected chi connectivity index (χ0v) is 18.8. The Morgan fingerprint density at radius 1 is 1.00 bits per heavy atom. The van der Waals surface area contributed by atoms with E-state index < -0.39 is 5.97 Å². The fraction of sp³-hybridized carbons (Fsp3) is 0.214. The second-order valence-electron chi connectivity index (χ2n) is 9.33. The second-order valence-corrected chi connectivity index (χ2v) is 9.33. The average Bonchev–Trinajstić information content (AvgIpc) is 3.80. The van der Waals surface area contributed by atoms with Crippen LogP contribution in [0, 0.1) is 5.92 Å². The normalized spacial score (nSPS) is 18.9. The molecule has 2 aliphatic carbocycles. The summed E-state index contributed by atoms with van der Waals surface area (Å²) in [6.45, 7) is 0. The summed E-state index contributed by atoms with van der Waals surface area (Å²) >= 11 is 0. The van der Waals surface area contributed by atoms with Crippen molar-refractivity contribution < 1.29 is 14.7 Å². The molecule has 2 aliphatic rings. The number of pyridine rings is 2. The van der Waals surface area contributed by atoms with Crippen LogP contribution in [0.15, 0.2) is 77.9 Å². The van der Waals surface area contributed by atoms with Crippen LogP contribution >= 0.6 is 0 Å². The Morgan fingerprint density at radius 3 is 2.51 bits per heavy atom. The van der Waals surface area contributed by atoms with E-state index >= 15 is 0 Å². The summed E-state index contributed by atoms with van der Waals surface area (Å²) in [5, 5.41) is 12.6. The van der Waals surface area contributed by atoms with Crippen LogP contribution in [0.25, 0.3) is 27.8 Å². The maximum absolute atomic E-state index is 13.1. The number of nitrogens with one attached hydrogen (secondary N) is 1. The molecule has 1 amide bonds. The first-order chi connectivity index (χ1) is 17.0. The maximum Gasteiger partial charge on any atom is 0.307 e. The zero-order valence-electron chi connectivity index (χ0n) is 18.8. The highest BCUT2D eigenvalue weighted by Crippen LogP contribution is 2.48. The average molecular weight is 466 g/mol. The molecule has 2 aromatic heterocycles. The molecular weight excluding hydrogens is 442 g/mol. The van der Waals surface area contributed by atoms with Gasteiger partial charge in [0, 0.05) is 24.1 Å². The van der Waals surface area contributed by atoms with Crippen molar-refractivity contribution in [2.24, 2.45) is 5.92 Å². The summed E-state index contributed by atoms with van der Waals surface area (Å²) in [7, 11) is 0. The van der Waals surface area contributed by atoms with Gasteiger partial charge < -0.3 is 15.0 Å². The summed E-state index contributed by atoms with van der Waals surface area (Å²) in [6, 6.07) is 19.3. The first-order valence-corrected chi connectivity index (χ1v) is 11.7. The van der Waals surface area contributed by atoms with Gasteiger partial charge >= 0.3 is 5.97 Å². The minimum Gasteiger partial charge on any atom is -0.481 e. The van der Waals surface area contributed by atoms with Gasteiger partial charge in [0.15, 0.2) is 0 Å². The van der Waals surface area contributed by atoms with E-state index in [1.807, 2.05) is 48.5 Å². The minimum atomic E-state index is -0.749. The van der Waals surface area contributed by atoms with Crippen LogP contribution < -0.4 is 10.7 Å². The van der Waals surface area contributed by atoms with E-state index in [1.165, 1.54) is 0 Å². The van der Waals surface area contributed by atoms with Gasteiger partial charge in [0.05, 0.1) is 11.3 Å². The van der Waals surface area contributed by atoms with Crippen molar-refractivity contribution in [3.05, 3.63) is 94.4 Å². The summed E-state index contributed by atoms with van der Waals surface area (Å²) in [5.41, 5.74) is 3.96. The van der Waals surface area contributed by atoms with Crippen LogP contribution in [0.5, 0.6) is 0 Å². The van der Waals surface area contributed by atoms with Gasteiger partial charge in [-0.15, -0.1) is 0 Å². The lowest BCUT2D eigenvalue weighted by molar-refractivity contribution is -0.138. The molecule has 2 fully saturated rings. The number of fused-ring (bicyclic) bond motifs is 1. The fourth-order valence-electron chi connectivity index (χ4n) is 4.63. The third kappa shape index (κ3) is 3.99. The summed E-state index contributed by atoms with van der Waals surface area (Å²) in [5.74, 6) is -1.37. The smallest absolute Gasteiger partial charge is 0.307 e. The van der Waals surface area contributed by atoms with Crippen LogP contribution in [0.4, 0.5) is 0 Å². The highest BCUT2D eigenvalue weighted by Gasteiger charge is 2.44. The van der Waals surface area contributed by atoms with Gasteiger partial charge in [-0.3, -0.25) is 14.4 Å². The molecule has 0 radical (unpaired) electrons. The van der Waals surface area contributed by atoms with Crippen molar-refractivity contribution in [2.45, 2.75) is 31.2 Å². The number of carboxylic acid groups (broad SMARTS) is 1. The van der Waals surface area contributed by atoms with E-state index in [2.05, 4.69) is 10.3 Å². The lowest BCUT2D eigenvalue weighted by Crippen LogP contribution is -2.31. The largest absolute Gasteiger partial charge is 0.481 e. The number of carboxylic acids is 1. The Balaban J connectivity index is 1.43. The van der Waals surface area contributed by atoms with Crippen LogP contribution in [0.3, 0.4) is 0 Å². The molecule has 0 aliphatic heterocycles. The van der Waals surface area contributed by atoms with Crippen LogP contribution in [-0.4, -0.2) is 32.6 Å². The lowest BCUT2D eigenvalue weighted by Gasteiger charge is -2.14. The van der Waals surface area contributed by atoms with Crippen molar-refractivity contribution in [2.75, 3.05) is 0 Å². The van der Waals surface area contributed by atoms with Gasteiger partial charge in [-0.25, -0.2) is 4.98 Å². The number of benzene rings is 2. The quantitative estimate of drug-likeness (QED) is 0.446. The van der Waals surface area contributed by atoms with Gasteiger partial charge in [-0.1, -0.05) is 36.4 Å². The number of hydrogen-bond acceptors (Lipinski definition) is 4. The van der Waals surface area contributed by atoms with E-state index in [4.69, 9.17) is 0 Å². The monoisotopic (exact) mass is 465 g/mol. The lowest BCUT2D eigenvalue weighted by atomic mass is 10.00.